The lowest BCUT2D eigenvalue weighted by Crippen LogP contribution is -2.47. The molecule has 3 N–H and O–H groups in total. The van der Waals surface area contributed by atoms with Crippen LogP contribution in [-0.2, 0) is 4.74 Å². The Morgan fingerprint density at radius 3 is 2.96 bits per heavy atom. The van der Waals surface area contributed by atoms with Gasteiger partial charge in [0, 0.05) is 42.6 Å². The number of nitrogens with zero attached hydrogens (tertiary/aromatic N) is 3. The van der Waals surface area contributed by atoms with E-state index < -0.39 is 17.8 Å². The Kier molecular flexibility index (Phi) is 6.20. The normalized spacial score (nSPS) is 18.9. The molecule has 3 rings (SSSR count). The minimum Gasteiger partial charge on any atom is -0.382 e. The lowest BCUT2D eigenvalue weighted by molar-refractivity contribution is -0.0346. The number of nitrogens with two attached hydrogens (primary N) is 1. The molecule has 0 spiro atoms. The highest BCUT2D eigenvalue weighted by atomic mass is 35.5. The van der Waals surface area contributed by atoms with Crippen molar-refractivity contribution in [1.82, 2.24) is 20.2 Å². The molecular weight excluding hydrogens is 373 g/mol. The smallest absolute Gasteiger partial charge is 0.273 e. The summed E-state index contributed by atoms with van der Waals surface area (Å²) in [6.07, 6.45) is 2.79. The van der Waals surface area contributed by atoms with E-state index in [1.54, 1.807) is 12.1 Å². The molecule has 0 radical (unpaired) electrons. The summed E-state index contributed by atoms with van der Waals surface area (Å²) < 4.78 is 20.1. The van der Waals surface area contributed by atoms with Crippen molar-refractivity contribution >= 4 is 23.3 Å². The van der Waals surface area contributed by atoms with E-state index in [0.29, 0.717) is 30.3 Å². The zero-order chi connectivity index (χ0) is 19.4. The van der Waals surface area contributed by atoms with Gasteiger partial charge in [-0.05, 0) is 19.1 Å². The topological polar surface area (TPSA) is 93.4 Å². The predicted molar refractivity (Wildman–Crippen MR) is 99.9 cm³/mol. The quantitative estimate of drug-likeness (QED) is 0.807. The molecule has 9 heteroatoms. The number of nitrogens with one attached hydrogen (secondary N) is 1. The fourth-order valence-corrected chi connectivity index (χ4v) is 3.46. The monoisotopic (exact) mass is 393 g/mol. The summed E-state index contributed by atoms with van der Waals surface area (Å²) in [6.45, 7) is 3.81. The van der Waals surface area contributed by atoms with Crippen LogP contribution in [-0.4, -0.2) is 53.1 Å². The Balaban J connectivity index is 1.84. The summed E-state index contributed by atoms with van der Waals surface area (Å²) in [5.74, 6) is -0.852. The van der Waals surface area contributed by atoms with E-state index in [2.05, 4.69) is 20.2 Å². The van der Waals surface area contributed by atoms with Gasteiger partial charge in [-0.3, -0.25) is 9.69 Å². The van der Waals surface area contributed by atoms with Gasteiger partial charge in [0.15, 0.2) is 11.5 Å². The molecule has 1 fully saturated rings. The Morgan fingerprint density at radius 1 is 1.48 bits per heavy atom. The van der Waals surface area contributed by atoms with E-state index in [0.717, 1.165) is 0 Å². The number of carbonyl (C=O) groups excluding carboxylic acids is 1. The zero-order valence-electron chi connectivity index (χ0n) is 14.9. The van der Waals surface area contributed by atoms with Crippen LogP contribution in [0.4, 0.5) is 10.2 Å². The summed E-state index contributed by atoms with van der Waals surface area (Å²) >= 11 is 6.28. The van der Waals surface area contributed by atoms with E-state index >= 15 is 0 Å². The Morgan fingerprint density at radius 2 is 2.26 bits per heavy atom. The average Bonchev–Trinajstić information content (AvgIpc) is 2.64. The fraction of sp³-hybridized carbons (Fsp3) is 0.389. The molecule has 1 amide bonds. The third-order valence-electron chi connectivity index (χ3n) is 4.44. The zero-order valence-corrected chi connectivity index (χ0v) is 15.6. The molecule has 27 heavy (non-hydrogen) atoms. The van der Waals surface area contributed by atoms with Gasteiger partial charge in [0.2, 0.25) is 0 Å². The summed E-state index contributed by atoms with van der Waals surface area (Å²) in [5.41, 5.74) is 6.09. The van der Waals surface area contributed by atoms with Crippen molar-refractivity contribution in [3.63, 3.8) is 0 Å². The SMILES string of the molecule is CC1CN(C(CNC(=O)c2nccnc2N)c2c(F)cccc2Cl)CCO1. The van der Waals surface area contributed by atoms with Crippen LogP contribution in [0.25, 0.3) is 0 Å². The number of nitrogen functional groups attached to an aromatic ring is 1. The van der Waals surface area contributed by atoms with Crippen LogP contribution in [0.1, 0.15) is 29.0 Å². The maximum absolute atomic E-state index is 14.6. The number of hydrogen-bond acceptors (Lipinski definition) is 6. The molecule has 2 atom stereocenters. The largest absolute Gasteiger partial charge is 0.382 e. The van der Waals surface area contributed by atoms with Crippen molar-refractivity contribution < 1.29 is 13.9 Å². The molecule has 7 nitrogen and oxygen atoms in total. The van der Waals surface area contributed by atoms with Crippen LogP contribution >= 0.6 is 11.6 Å². The van der Waals surface area contributed by atoms with Crippen LogP contribution in [0, 0.1) is 5.82 Å². The molecule has 1 aromatic carbocycles. The molecule has 1 aliphatic rings. The van der Waals surface area contributed by atoms with Crippen molar-refractivity contribution in [2.45, 2.75) is 19.1 Å². The molecule has 1 aliphatic heterocycles. The van der Waals surface area contributed by atoms with Crippen molar-refractivity contribution in [2.75, 3.05) is 32.0 Å². The van der Waals surface area contributed by atoms with Gasteiger partial charge in [0.25, 0.3) is 5.91 Å². The number of amides is 1. The van der Waals surface area contributed by atoms with Gasteiger partial charge in [-0.1, -0.05) is 17.7 Å². The van der Waals surface area contributed by atoms with Crippen LogP contribution in [0.5, 0.6) is 0 Å². The maximum Gasteiger partial charge on any atom is 0.273 e. The maximum atomic E-state index is 14.6. The van der Waals surface area contributed by atoms with Gasteiger partial charge >= 0.3 is 0 Å². The third kappa shape index (κ3) is 4.52. The number of morpholine rings is 1. The van der Waals surface area contributed by atoms with Crippen molar-refractivity contribution in [3.05, 3.63) is 52.7 Å². The first-order valence-electron chi connectivity index (χ1n) is 8.61. The van der Waals surface area contributed by atoms with Gasteiger partial charge < -0.3 is 15.8 Å². The Bertz CT molecular complexity index is 802. The van der Waals surface area contributed by atoms with E-state index in [1.807, 2.05) is 6.92 Å². The molecule has 1 aromatic heterocycles. The van der Waals surface area contributed by atoms with Crippen LogP contribution in [0.2, 0.25) is 5.02 Å². The molecule has 2 heterocycles. The summed E-state index contributed by atoms with van der Waals surface area (Å²) in [6, 6.07) is 4.10. The highest BCUT2D eigenvalue weighted by Gasteiger charge is 2.30. The van der Waals surface area contributed by atoms with Crippen LogP contribution in [0.15, 0.2) is 30.6 Å². The number of ether oxygens (including phenoxy) is 1. The summed E-state index contributed by atoms with van der Waals surface area (Å²) in [5, 5.41) is 3.09. The number of benzene rings is 1. The molecule has 144 valence electrons. The number of halogens is 2. The lowest BCUT2D eigenvalue weighted by Gasteiger charge is -2.38. The highest BCUT2D eigenvalue weighted by molar-refractivity contribution is 6.31. The van der Waals surface area contributed by atoms with Gasteiger partial charge in [0.05, 0.1) is 18.8 Å². The summed E-state index contributed by atoms with van der Waals surface area (Å²) in [7, 11) is 0. The van der Waals surface area contributed by atoms with Gasteiger partial charge in [-0.25, -0.2) is 14.4 Å². The lowest BCUT2D eigenvalue weighted by atomic mass is 10.0. The molecule has 2 unspecified atom stereocenters. The number of anilines is 1. The van der Waals surface area contributed by atoms with E-state index in [9.17, 15) is 9.18 Å². The molecule has 0 bridgehead atoms. The second-order valence-electron chi connectivity index (χ2n) is 6.33. The van der Waals surface area contributed by atoms with Gasteiger partial charge in [-0.2, -0.15) is 0 Å². The molecule has 2 aromatic rings. The first-order chi connectivity index (χ1) is 13.0. The summed E-state index contributed by atoms with van der Waals surface area (Å²) in [4.78, 5) is 22.3. The van der Waals surface area contributed by atoms with E-state index in [4.69, 9.17) is 22.1 Å². The minimum absolute atomic E-state index is 0.00173. The average molecular weight is 394 g/mol. The predicted octanol–water partition coefficient (Wildman–Crippen LogP) is 2.04. The Labute approximate surface area is 161 Å². The number of aromatic nitrogens is 2. The highest BCUT2D eigenvalue weighted by Crippen LogP contribution is 2.31. The van der Waals surface area contributed by atoms with Crippen LogP contribution in [0.3, 0.4) is 0 Å². The minimum atomic E-state index is -0.473. The standard InChI is InChI=1S/C18H21ClFN5O2/c1-11-10-25(7-8-27-11)14(15-12(19)3-2-4-13(15)20)9-24-18(26)16-17(21)23-6-5-22-16/h2-6,11,14H,7-10H2,1H3,(H2,21,23)(H,24,26). The molecular formula is C18H21ClFN5O2. The third-order valence-corrected chi connectivity index (χ3v) is 4.77. The molecule has 0 saturated carbocycles. The van der Waals surface area contributed by atoms with Crippen molar-refractivity contribution in [1.29, 1.82) is 0 Å². The van der Waals surface area contributed by atoms with E-state index in [-0.39, 0.29) is 24.2 Å². The number of hydrogen-bond donors (Lipinski definition) is 2. The van der Waals surface area contributed by atoms with Crippen LogP contribution < -0.4 is 11.1 Å². The number of rotatable bonds is 5. The fourth-order valence-electron chi connectivity index (χ4n) is 3.17. The number of carbonyl (C=O) groups is 1. The Hall–Kier alpha value is -2.29. The van der Waals surface area contributed by atoms with E-state index in [1.165, 1.54) is 18.5 Å². The molecule has 0 aliphatic carbocycles. The van der Waals surface area contributed by atoms with Crippen molar-refractivity contribution in [2.24, 2.45) is 0 Å². The van der Waals surface area contributed by atoms with Crippen molar-refractivity contribution in [3.8, 4) is 0 Å². The molecule has 1 saturated heterocycles. The second-order valence-corrected chi connectivity index (χ2v) is 6.73. The second kappa shape index (κ2) is 8.60. The van der Waals surface area contributed by atoms with Gasteiger partial charge in [-0.15, -0.1) is 0 Å². The first kappa shape index (κ1) is 19.5. The first-order valence-corrected chi connectivity index (χ1v) is 8.99. The van der Waals surface area contributed by atoms with Gasteiger partial charge in [0.1, 0.15) is 5.82 Å².